The summed E-state index contributed by atoms with van der Waals surface area (Å²) < 4.78 is 21.2. The number of hydrogen-bond donors (Lipinski definition) is 1. The molecule has 1 atom stereocenters. The first-order valence-corrected chi connectivity index (χ1v) is 6.05. The van der Waals surface area contributed by atoms with E-state index in [1.54, 1.807) is 17.7 Å². The van der Waals surface area contributed by atoms with Crippen LogP contribution in [0.1, 0.15) is 30.0 Å². The van der Waals surface area contributed by atoms with E-state index in [1.165, 1.54) is 12.1 Å². The molecule has 0 amide bonds. The predicted molar refractivity (Wildman–Crippen MR) is 69.8 cm³/mol. The number of rotatable bonds is 3. The van der Waals surface area contributed by atoms with E-state index >= 15 is 0 Å². The number of aliphatic hydroxyl groups is 1. The molecule has 0 fully saturated rings. The van der Waals surface area contributed by atoms with E-state index in [9.17, 15) is 9.50 Å². The third-order valence-electron chi connectivity index (χ3n) is 3.09. The van der Waals surface area contributed by atoms with E-state index in [-0.39, 0.29) is 5.75 Å². The fraction of sp³-hybridized carbons (Fsp3) is 0.357. The highest BCUT2D eigenvalue weighted by atomic mass is 19.1. The number of ether oxygens (including phenoxy) is 1. The highest BCUT2D eigenvalue weighted by Gasteiger charge is 2.15. The van der Waals surface area contributed by atoms with Gasteiger partial charge in [-0.25, -0.2) is 4.39 Å². The summed E-state index contributed by atoms with van der Waals surface area (Å²) in [5, 5.41) is 13.6. The number of hydrogen-bond acceptors (Lipinski definition) is 3. The molecule has 0 saturated heterocycles. The van der Waals surface area contributed by atoms with Crippen molar-refractivity contribution in [2.75, 3.05) is 0 Å². The van der Waals surface area contributed by atoms with Crippen molar-refractivity contribution in [2.45, 2.75) is 26.9 Å². The van der Waals surface area contributed by atoms with Gasteiger partial charge in [-0.15, -0.1) is 0 Å². The molecule has 0 spiro atoms. The van der Waals surface area contributed by atoms with Crippen LogP contribution in [-0.2, 0) is 7.05 Å². The first-order valence-electron chi connectivity index (χ1n) is 6.05. The fourth-order valence-electron chi connectivity index (χ4n) is 1.87. The lowest BCUT2D eigenvalue weighted by atomic mass is 10.1. The molecule has 1 N–H and O–H groups in total. The van der Waals surface area contributed by atoms with Crippen LogP contribution in [0.3, 0.4) is 0 Å². The minimum absolute atomic E-state index is 0.128. The zero-order chi connectivity index (χ0) is 14.2. The van der Waals surface area contributed by atoms with Gasteiger partial charge in [0.1, 0.15) is 5.69 Å². The second-order valence-corrected chi connectivity index (χ2v) is 4.59. The van der Waals surface area contributed by atoms with Crippen LogP contribution in [0, 0.1) is 19.7 Å². The molecule has 1 aromatic heterocycles. The molecule has 0 saturated carbocycles. The average Bonchev–Trinajstić information content (AvgIpc) is 2.58. The Bertz CT molecular complexity index is 606. The molecule has 0 unspecified atom stereocenters. The van der Waals surface area contributed by atoms with Crippen molar-refractivity contribution in [3.05, 3.63) is 41.0 Å². The van der Waals surface area contributed by atoms with Gasteiger partial charge in [0, 0.05) is 7.05 Å². The average molecular weight is 264 g/mol. The van der Waals surface area contributed by atoms with E-state index in [4.69, 9.17) is 4.74 Å². The van der Waals surface area contributed by atoms with Crippen LogP contribution in [0.2, 0.25) is 0 Å². The Morgan fingerprint density at radius 3 is 2.53 bits per heavy atom. The molecule has 5 heteroatoms. The van der Waals surface area contributed by atoms with E-state index in [1.807, 2.05) is 20.9 Å². The molecule has 2 aromatic rings. The van der Waals surface area contributed by atoms with E-state index < -0.39 is 11.9 Å². The van der Waals surface area contributed by atoms with Gasteiger partial charge in [0.2, 0.25) is 0 Å². The zero-order valence-corrected chi connectivity index (χ0v) is 11.4. The Labute approximate surface area is 111 Å². The van der Waals surface area contributed by atoms with Gasteiger partial charge in [-0.05, 0) is 38.5 Å². The summed E-state index contributed by atoms with van der Waals surface area (Å²) in [6, 6.07) is 4.44. The highest BCUT2D eigenvalue weighted by Crippen LogP contribution is 2.30. The van der Waals surface area contributed by atoms with Crippen LogP contribution in [0.5, 0.6) is 11.5 Å². The summed E-state index contributed by atoms with van der Waals surface area (Å²) in [6.07, 6.45) is -0.703. The molecule has 0 radical (unpaired) electrons. The zero-order valence-electron chi connectivity index (χ0n) is 11.4. The maximum atomic E-state index is 13.9. The van der Waals surface area contributed by atoms with E-state index in [0.29, 0.717) is 17.0 Å². The second-order valence-electron chi connectivity index (χ2n) is 4.59. The minimum atomic E-state index is -0.703. The third-order valence-corrected chi connectivity index (χ3v) is 3.09. The molecule has 0 aliphatic rings. The summed E-state index contributed by atoms with van der Waals surface area (Å²) in [5.41, 5.74) is 2.06. The summed E-state index contributed by atoms with van der Waals surface area (Å²) in [7, 11) is 1.81. The smallest absolute Gasteiger partial charge is 0.171 e. The topological polar surface area (TPSA) is 47.3 Å². The summed E-state index contributed by atoms with van der Waals surface area (Å²) >= 11 is 0. The van der Waals surface area contributed by atoms with Crippen molar-refractivity contribution in [1.82, 2.24) is 9.78 Å². The lowest BCUT2D eigenvalue weighted by Gasteiger charge is -2.10. The van der Waals surface area contributed by atoms with Gasteiger partial charge in [-0.1, -0.05) is 6.07 Å². The monoisotopic (exact) mass is 264 g/mol. The van der Waals surface area contributed by atoms with Gasteiger partial charge in [0.15, 0.2) is 17.3 Å². The van der Waals surface area contributed by atoms with Crippen molar-refractivity contribution in [2.24, 2.45) is 7.05 Å². The largest absolute Gasteiger partial charge is 0.450 e. The van der Waals surface area contributed by atoms with Crippen LogP contribution in [0.4, 0.5) is 4.39 Å². The molecule has 102 valence electrons. The van der Waals surface area contributed by atoms with E-state index in [0.717, 1.165) is 5.69 Å². The SMILES string of the molecule is Cc1nn(C)c(C)c1Oc1ccc([C@@H](C)O)cc1F. The number of halogens is 1. The molecule has 0 bridgehead atoms. The van der Waals surface area contributed by atoms with Crippen molar-refractivity contribution in [3.8, 4) is 11.5 Å². The number of nitrogens with zero attached hydrogens (tertiary/aromatic N) is 2. The van der Waals surface area contributed by atoms with Gasteiger partial charge in [-0.3, -0.25) is 4.68 Å². The normalized spacial score (nSPS) is 12.5. The second kappa shape index (κ2) is 5.01. The van der Waals surface area contributed by atoms with Crippen molar-refractivity contribution >= 4 is 0 Å². The van der Waals surface area contributed by atoms with Crippen LogP contribution in [0.25, 0.3) is 0 Å². The third kappa shape index (κ3) is 2.61. The Hall–Kier alpha value is -1.88. The van der Waals surface area contributed by atoms with Crippen LogP contribution in [-0.4, -0.2) is 14.9 Å². The first-order chi connectivity index (χ1) is 8.90. The summed E-state index contributed by atoms with van der Waals surface area (Å²) in [4.78, 5) is 0. The molecule has 4 nitrogen and oxygen atoms in total. The molecular formula is C14H17FN2O2. The van der Waals surface area contributed by atoms with Gasteiger partial charge < -0.3 is 9.84 Å². The Morgan fingerprint density at radius 2 is 2.05 bits per heavy atom. The predicted octanol–water partition coefficient (Wildman–Crippen LogP) is 3.02. The lowest BCUT2D eigenvalue weighted by Crippen LogP contribution is -1.96. The molecule has 1 aromatic carbocycles. The molecule has 0 aliphatic heterocycles. The number of aryl methyl sites for hydroxylation is 2. The van der Waals surface area contributed by atoms with Crippen LogP contribution < -0.4 is 4.74 Å². The molecule has 1 heterocycles. The van der Waals surface area contributed by atoms with Gasteiger partial charge in [0.25, 0.3) is 0 Å². The van der Waals surface area contributed by atoms with Crippen molar-refractivity contribution in [3.63, 3.8) is 0 Å². The van der Waals surface area contributed by atoms with Crippen molar-refractivity contribution in [1.29, 1.82) is 0 Å². The van der Waals surface area contributed by atoms with Gasteiger partial charge >= 0.3 is 0 Å². The standard InChI is InChI=1S/C14H17FN2O2/c1-8-14(9(2)17(4)16-8)19-13-6-5-11(10(3)18)7-12(13)15/h5-7,10,18H,1-4H3/t10-/m1/s1. The number of benzene rings is 1. The van der Waals surface area contributed by atoms with Gasteiger partial charge in [-0.2, -0.15) is 5.10 Å². The highest BCUT2D eigenvalue weighted by molar-refractivity contribution is 5.39. The quantitative estimate of drug-likeness (QED) is 0.927. The molecule has 0 aliphatic carbocycles. The minimum Gasteiger partial charge on any atom is -0.450 e. The molecule has 2 rings (SSSR count). The summed E-state index contributed by atoms with van der Waals surface area (Å²) in [6.45, 7) is 5.26. The molecule has 19 heavy (non-hydrogen) atoms. The van der Waals surface area contributed by atoms with Crippen LogP contribution in [0.15, 0.2) is 18.2 Å². The maximum absolute atomic E-state index is 13.9. The Balaban J connectivity index is 2.34. The number of aromatic nitrogens is 2. The number of aliphatic hydroxyl groups excluding tert-OH is 1. The Morgan fingerprint density at radius 1 is 1.37 bits per heavy atom. The lowest BCUT2D eigenvalue weighted by molar-refractivity contribution is 0.198. The Kier molecular flexibility index (Phi) is 3.57. The fourth-order valence-corrected chi connectivity index (χ4v) is 1.87. The van der Waals surface area contributed by atoms with Gasteiger partial charge in [0.05, 0.1) is 11.8 Å². The first kappa shape index (κ1) is 13.5. The van der Waals surface area contributed by atoms with E-state index in [2.05, 4.69) is 5.10 Å². The van der Waals surface area contributed by atoms with Crippen LogP contribution >= 0.6 is 0 Å². The maximum Gasteiger partial charge on any atom is 0.171 e. The van der Waals surface area contributed by atoms with Crippen molar-refractivity contribution < 1.29 is 14.2 Å². The molecular weight excluding hydrogens is 247 g/mol. The summed E-state index contributed by atoms with van der Waals surface area (Å²) in [5.74, 6) is 0.191.